The molecule has 298 valence electrons. The number of hydrogen-bond donors (Lipinski definition) is 0. The highest BCUT2D eigenvalue weighted by Gasteiger charge is 2.17. The third kappa shape index (κ3) is 7.15. The van der Waals surface area contributed by atoms with Crippen LogP contribution in [0.15, 0.2) is 237 Å². The summed E-state index contributed by atoms with van der Waals surface area (Å²) in [7, 11) is 0. The summed E-state index contributed by atoms with van der Waals surface area (Å²) >= 11 is 0. The molecule has 0 radical (unpaired) electrons. The highest BCUT2D eigenvalue weighted by molar-refractivity contribution is 6.01. The van der Waals surface area contributed by atoms with Crippen molar-refractivity contribution in [1.82, 2.24) is 15.0 Å². The average molecular weight is 814 g/mol. The summed E-state index contributed by atoms with van der Waals surface area (Å²) in [5.41, 5.74) is 11.8. The molecule has 3 nitrogen and oxygen atoms in total. The maximum absolute atomic E-state index is 5.35. The van der Waals surface area contributed by atoms with E-state index in [2.05, 4.69) is 237 Å². The van der Waals surface area contributed by atoms with Crippen LogP contribution < -0.4 is 0 Å². The summed E-state index contributed by atoms with van der Waals surface area (Å²) in [6, 6.07) is 84.6. The second-order valence-corrected chi connectivity index (χ2v) is 16.5. The lowest BCUT2D eigenvalue weighted by molar-refractivity contribution is 1.08. The molecule has 0 aliphatic carbocycles. The van der Waals surface area contributed by atoms with Gasteiger partial charge in [0.25, 0.3) is 0 Å². The first-order chi connectivity index (χ1) is 31.6. The first-order valence-electron chi connectivity index (χ1n) is 21.7. The SMILES string of the molecule is c1ccc(-c2cccc(-c3cc(-c4cccc(-c5ccccc5)c4)cc(-c4nc(-c5ccc6cc7ccccc7cc6c5)nc(-c5ccc6cc7ccccc7cc6c5)n4)c3)c2)cc1. The zero-order valence-corrected chi connectivity index (χ0v) is 34.9. The molecule has 0 aliphatic rings. The molecule has 64 heavy (non-hydrogen) atoms. The van der Waals surface area contributed by atoms with Gasteiger partial charge in [-0.05, 0) is 154 Å². The van der Waals surface area contributed by atoms with Gasteiger partial charge in [0.15, 0.2) is 17.5 Å². The lowest BCUT2D eigenvalue weighted by atomic mass is 9.92. The zero-order valence-electron chi connectivity index (χ0n) is 34.9. The van der Waals surface area contributed by atoms with Gasteiger partial charge in [0.2, 0.25) is 0 Å². The van der Waals surface area contributed by atoms with Crippen molar-refractivity contribution >= 4 is 43.1 Å². The fourth-order valence-corrected chi connectivity index (χ4v) is 9.03. The van der Waals surface area contributed by atoms with Crippen LogP contribution in [0, 0.1) is 0 Å². The summed E-state index contributed by atoms with van der Waals surface area (Å²) in [5, 5.41) is 9.45. The maximum atomic E-state index is 5.35. The highest BCUT2D eigenvalue weighted by atomic mass is 15.0. The number of benzene rings is 11. The van der Waals surface area contributed by atoms with Crippen LogP contribution in [0.25, 0.3) is 122 Å². The van der Waals surface area contributed by atoms with E-state index in [1.165, 1.54) is 43.4 Å². The smallest absolute Gasteiger partial charge is 0.164 e. The van der Waals surface area contributed by atoms with Crippen molar-refractivity contribution in [2.24, 2.45) is 0 Å². The summed E-state index contributed by atoms with van der Waals surface area (Å²) in [4.78, 5) is 16.0. The molecule has 12 rings (SSSR count). The minimum absolute atomic E-state index is 0.610. The van der Waals surface area contributed by atoms with Crippen LogP contribution in [-0.2, 0) is 0 Å². The summed E-state index contributed by atoms with van der Waals surface area (Å²) < 4.78 is 0. The lowest BCUT2D eigenvalue weighted by Gasteiger charge is -2.14. The first-order valence-corrected chi connectivity index (χ1v) is 21.7. The third-order valence-electron chi connectivity index (χ3n) is 12.4. The number of fused-ring (bicyclic) bond motifs is 4. The zero-order chi connectivity index (χ0) is 42.4. The second-order valence-electron chi connectivity index (χ2n) is 16.5. The van der Waals surface area contributed by atoms with Gasteiger partial charge in [-0.15, -0.1) is 0 Å². The molecule has 0 fully saturated rings. The fourth-order valence-electron chi connectivity index (χ4n) is 9.03. The van der Waals surface area contributed by atoms with Gasteiger partial charge < -0.3 is 0 Å². The van der Waals surface area contributed by atoms with Gasteiger partial charge >= 0.3 is 0 Å². The number of rotatable bonds is 7. The maximum Gasteiger partial charge on any atom is 0.164 e. The highest BCUT2D eigenvalue weighted by Crippen LogP contribution is 2.37. The molecule has 3 heteroatoms. The molecule has 0 spiro atoms. The quantitative estimate of drug-likeness (QED) is 0.150. The van der Waals surface area contributed by atoms with Crippen LogP contribution in [-0.4, -0.2) is 15.0 Å². The molecule has 0 saturated heterocycles. The Morgan fingerprint density at radius 3 is 0.875 bits per heavy atom. The topological polar surface area (TPSA) is 38.7 Å². The van der Waals surface area contributed by atoms with Gasteiger partial charge in [0.1, 0.15) is 0 Å². The molecule has 12 aromatic rings. The van der Waals surface area contributed by atoms with Crippen LogP contribution in [0.1, 0.15) is 0 Å². The largest absolute Gasteiger partial charge is 0.208 e. The molecule has 0 atom stereocenters. The van der Waals surface area contributed by atoms with Gasteiger partial charge in [-0.1, -0.05) is 170 Å². The Balaban J connectivity index is 1.07. The number of nitrogens with zero attached hydrogens (tertiary/aromatic N) is 3. The van der Waals surface area contributed by atoms with Gasteiger partial charge in [0.05, 0.1) is 0 Å². The summed E-state index contributed by atoms with van der Waals surface area (Å²) in [6.07, 6.45) is 0. The minimum atomic E-state index is 0.610. The Labute approximate surface area is 371 Å². The Bertz CT molecular complexity index is 3490. The Kier molecular flexibility index (Phi) is 9.16. The summed E-state index contributed by atoms with van der Waals surface area (Å²) in [6.45, 7) is 0. The van der Waals surface area contributed by atoms with Crippen LogP contribution in [0.3, 0.4) is 0 Å². The second kappa shape index (κ2) is 15.7. The van der Waals surface area contributed by atoms with E-state index in [4.69, 9.17) is 15.0 Å². The van der Waals surface area contributed by atoms with Gasteiger partial charge in [-0.25, -0.2) is 15.0 Å². The van der Waals surface area contributed by atoms with E-state index in [-0.39, 0.29) is 0 Å². The van der Waals surface area contributed by atoms with E-state index in [9.17, 15) is 0 Å². The number of hydrogen-bond acceptors (Lipinski definition) is 3. The van der Waals surface area contributed by atoms with E-state index in [1.807, 2.05) is 0 Å². The van der Waals surface area contributed by atoms with Crippen molar-refractivity contribution < 1.29 is 0 Å². The minimum Gasteiger partial charge on any atom is -0.208 e. The molecule has 1 heterocycles. The van der Waals surface area contributed by atoms with Crippen molar-refractivity contribution in [3.63, 3.8) is 0 Å². The van der Waals surface area contributed by atoms with E-state index in [1.54, 1.807) is 0 Å². The van der Waals surface area contributed by atoms with Gasteiger partial charge in [-0.3, -0.25) is 0 Å². The molecule has 0 N–H and O–H groups in total. The normalized spacial score (nSPS) is 11.4. The Hall–Kier alpha value is -8.53. The molecule has 0 unspecified atom stereocenters. The van der Waals surface area contributed by atoms with E-state index in [0.717, 1.165) is 60.8 Å². The predicted octanol–water partition coefficient (Wildman–Crippen LogP) is 16.2. The van der Waals surface area contributed by atoms with Crippen LogP contribution in [0.4, 0.5) is 0 Å². The molecule has 11 aromatic carbocycles. The van der Waals surface area contributed by atoms with Crippen molar-refractivity contribution in [1.29, 1.82) is 0 Å². The van der Waals surface area contributed by atoms with E-state index in [0.29, 0.717) is 17.5 Å². The Morgan fingerprint density at radius 2 is 0.453 bits per heavy atom. The van der Waals surface area contributed by atoms with E-state index >= 15 is 0 Å². The molecular formula is C61H39N3. The van der Waals surface area contributed by atoms with Crippen LogP contribution >= 0.6 is 0 Å². The molecule has 1 aromatic heterocycles. The Morgan fingerprint density at radius 1 is 0.156 bits per heavy atom. The summed E-state index contributed by atoms with van der Waals surface area (Å²) in [5.74, 6) is 1.86. The molecule has 0 amide bonds. The monoisotopic (exact) mass is 813 g/mol. The average Bonchev–Trinajstić information content (AvgIpc) is 3.37. The lowest BCUT2D eigenvalue weighted by Crippen LogP contribution is -2.01. The molecular weight excluding hydrogens is 775 g/mol. The predicted molar refractivity (Wildman–Crippen MR) is 268 cm³/mol. The fraction of sp³-hybridized carbons (Fsp3) is 0. The van der Waals surface area contributed by atoms with Crippen molar-refractivity contribution in [2.75, 3.05) is 0 Å². The molecule has 0 saturated carbocycles. The molecule has 0 aliphatic heterocycles. The first kappa shape index (κ1) is 37.2. The third-order valence-corrected chi connectivity index (χ3v) is 12.4. The number of aromatic nitrogens is 3. The van der Waals surface area contributed by atoms with Crippen molar-refractivity contribution in [2.45, 2.75) is 0 Å². The molecule has 0 bridgehead atoms. The van der Waals surface area contributed by atoms with Crippen molar-refractivity contribution in [3.05, 3.63) is 237 Å². The van der Waals surface area contributed by atoms with Crippen molar-refractivity contribution in [3.8, 4) is 78.7 Å². The van der Waals surface area contributed by atoms with Crippen LogP contribution in [0.2, 0.25) is 0 Å². The van der Waals surface area contributed by atoms with Crippen LogP contribution in [0.5, 0.6) is 0 Å². The van der Waals surface area contributed by atoms with E-state index < -0.39 is 0 Å². The standard InChI is InChI=1S/C61H39N3/c1-3-13-40(14-4-1)42-21-11-23-48(29-42)56-37-57(49-24-12-22-43(30-49)41-15-5-2-6-16-41)39-58(38-56)61-63-59(52-27-25-50-31-44-17-7-9-19-46(44)33-54(50)35-52)62-60(64-61)53-28-26-51-32-45-18-8-10-20-47(45)34-55(51)36-53/h1-39H. The van der Waals surface area contributed by atoms with Gasteiger partial charge in [-0.2, -0.15) is 0 Å². The van der Waals surface area contributed by atoms with Gasteiger partial charge in [0, 0.05) is 16.7 Å².